The molecule has 0 bridgehead atoms. The highest BCUT2D eigenvalue weighted by molar-refractivity contribution is 7.91. The van der Waals surface area contributed by atoms with E-state index in [1.807, 2.05) is 24.3 Å². The van der Waals surface area contributed by atoms with Gasteiger partial charge < -0.3 is 4.90 Å². The molecule has 0 atom stereocenters. The zero-order valence-electron chi connectivity index (χ0n) is 14.1. The van der Waals surface area contributed by atoms with Gasteiger partial charge in [-0.1, -0.05) is 29.8 Å². The molecule has 1 fully saturated rings. The van der Waals surface area contributed by atoms with E-state index in [4.69, 9.17) is 11.6 Å². The topological polar surface area (TPSA) is 69.7 Å². The average Bonchev–Trinajstić information content (AvgIpc) is 3.18. The summed E-state index contributed by atoms with van der Waals surface area (Å²) in [6.45, 7) is 3.29. The third-order valence-electron chi connectivity index (χ3n) is 4.22. The lowest BCUT2D eigenvalue weighted by molar-refractivity contribution is -0.131. The molecule has 1 aliphatic rings. The van der Waals surface area contributed by atoms with Crippen molar-refractivity contribution in [2.75, 3.05) is 32.7 Å². The summed E-state index contributed by atoms with van der Waals surface area (Å²) in [6, 6.07) is 10.9. The van der Waals surface area contributed by atoms with Crippen LogP contribution in [0.1, 0.15) is 5.56 Å². The highest BCUT2D eigenvalue weighted by Crippen LogP contribution is 2.15. The van der Waals surface area contributed by atoms with Gasteiger partial charge >= 0.3 is 0 Å². The highest BCUT2D eigenvalue weighted by atomic mass is 35.5. The molecule has 0 saturated carbocycles. The summed E-state index contributed by atoms with van der Waals surface area (Å²) < 4.78 is 26.7. The number of hydrogen-bond acceptors (Lipinski definition) is 5. The van der Waals surface area contributed by atoms with Crippen LogP contribution in [-0.4, -0.2) is 56.8 Å². The molecule has 2 heterocycles. The molecule has 0 radical (unpaired) electrons. The van der Waals surface area contributed by atoms with Crippen molar-refractivity contribution < 1.29 is 13.2 Å². The molecule has 9 heteroatoms. The van der Waals surface area contributed by atoms with Crippen LogP contribution in [0.5, 0.6) is 0 Å². The average molecular weight is 414 g/mol. The van der Waals surface area contributed by atoms with E-state index in [0.29, 0.717) is 18.1 Å². The second kappa shape index (κ2) is 8.49. The molecule has 26 heavy (non-hydrogen) atoms. The lowest BCUT2D eigenvalue weighted by Gasteiger charge is -2.34. The Labute approximate surface area is 162 Å². The second-order valence-corrected chi connectivity index (χ2v) is 9.42. The molecule has 0 unspecified atom stereocenters. The van der Waals surface area contributed by atoms with E-state index in [1.165, 1.54) is 11.6 Å². The van der Waals surface area contributed by atoms with Crippen molar-refractivity contribution in [3.05, 3.63) is 52.4 Å². The van der Waals surface area contributed by atoms with Crippen molar-refractivity contribution in [1.29, 1.82) is 0 Å². The van der Waals surface area contributed by atoms with Crippen LogP contribution < -0.4 is 4.72 Å². The molecule has 1 saturated heterocycles. The summed E-state index contributed by atoms with van der Waals surface area (Å²) in [5, 5.41) is 2.41. The standard InChI is InChI=1S/C17H20ClN3O3S2/c18-15-5-3-14(4-6-15)13-20-7-9-21(10-8-20)16(22)12-19-26(23,24)17-2-1-11-25-17/h1-6,11,19H,7-10,12-13H2. The van der Waals surface area contributed by atoms with Crippen LogP contribution in [0.2, 0.25) is 5.02 Å². The number of nitrogens with zero attached hydrogens (tertiary/aromatic N) is 2. The maximum absolute atomic E-state index is 12.3. The number of hydrogen-bond donors (Lipinski definition) is 1. The van der Waals surface area contributed by atoms with Crippen molar-refractivity contribution in [1.82, 2.24) is 14.5 Å². The van der Waals surface area contributed by atoms with Crippen LogP contribution in [0, 0.1) is 0 Å². The number of benzene rings is 1. The summed E-state index contributed by atoms with van der Waals surface area (Å²) >= 11 is 7.03. The van der Waals surface area contributed by atoms with Crippen molar-refractivity contribution in [2.24, 2.45) is 0 Å². The first-order valence-electron chi connectivity index (χ1n) is 8.22. The molecular weight excluding hydrogens is 394 g/mol. The smallest absolute Gasteiger partial charge is 0.250 e. The Morgan fingerprint density at radius 1 is 1.12 bits per heavy atom. The van der Waals surface area contributed by atoms with E-state index in [2.05, 4.69) is 9.62 Å². The van der Waals surface area contributed by atoms with Crippen LogP contribution in [0.15, 0.2) is 46.0 Å². The summed E-state index contributed by atoms with van der Waals surface area (Å²) in [5.41, 5.74) is 1.18. The van der Waals surface area contributed by atoms with Gasteiger partial charge in [0.25, 0.3) is 10.0 Å². The van der Waals surface area contributed by atoms with Gasteiger partial charge in [-0.2, -0.15) is 0 Å². The molecule has 140 valence electrons. The van der Waals surface area contributed by atoms with E-state index < -0.39 is 10.0 Å². The van der Waals surface area contributed by atoms with Gasteiger partial charge in [-0.15, -0.1) is 11.3 Å². The molecule has 1 amide bonds. The minimum absolute atomic E-state index is 0.198. The Kier molecular flexibility index (Phi) is 6.31. The van der Waals surface area contributed by atoms with Gasteiger partial charge in [0.15, 0.2) is 0 Å². The number of thiophene rings is 1. The Morgan fingerprint density at radius 2 is 1.81 bits per heavy atom. The van der Waals surface area contributed by atoms with Crippen LogP contribution >= 0.6 is 22.9 Å². The predicted octanol–water partition coefficient (Wildman–Crippen LogP) is 2.02. The summed E-state index contributed by atoms with van der Waals surface area (Å²) in [5.74, 6) is -0.198. The lowest BCUT2D eigenvalue weighted by Crippen LogP contribution is -2.50. The Balaban J connectivity index is 1.45. The van der Waals surface area contributed by atoms with Crippen molar-refractivity contribution >= 4 is 38.9 Å². The molecule has 1 aliphatic heterocycles. The van der Waals surface area contributed by atoms with E-state index in [-0.39, 0.29) is 16.7 Å². The number of carbonyl (C=O) groups excluding carboxylic acids is 1. The van der Waals surface area contributed by atoms with Crippen LogP contribution in [0.25, 0.3) is 0 Å². The number of sulfonamides is 1. The van der Waals surface area contributed by atoms with Gasteiger partial charge in [-0.3, -0.25) is 9.69 Å². The SMILES string of the molecule is O=C(CNS(=O)(=O)c1cccs1)N1CCN(Cc2ccc(Cl)cc2)CC1. The largest absolute Gasteiger partial charge is 0.339 e. The molecule has 0 aliphatic carbocycles. The van der Waals surface area contributed by atoms with Crippen molar-refractivity contribution in [2.45, 2.75) is 10.8 Å². The molecule has 1 N–H and O–H groups in total. The van der Waals surface area contributed by atoms with Gasteiger partial charge in [-0.25, -0.2) is 13.1 Å². The third kappa shape index (κ3) is 5.05. The number of piperazine rings is 1. The fraction of sp³-hybridized carbons (Fsp3) is 0.353. The van der Waals surface area contributed by atoms with Crippen molar-refractivity contribution in [3.8, 4) is 0 Å². The lowest BCUT2D eigenvalue weighted by atomic mass is 10.2. The quantitative estimate of drug-likeness (QED) is 0.786. The minimum atomic E-state index is -3.61. The maximum atomic E-state index is 12.3. The fourth-order valence-corrected chi connectivity index (χ4v) is 4.90. The number of nitrogens with one attached hydrogen (secondary N) is 1. The van der Waals surface area contributed by atoms with E-state index in [9.17, 15) is 13.2 Å². The normalized spacial score (nSPS) is 16.0. The first-order chi connectivity index (χ1) is 12.4. The maximum Gasteiger partial charge on any atom is 0.250 e. The van der Waals surface area contributed by atoms with Gasteiger partial charge in [0.05, 0.1) is 6.54 Å². The Morgan fingerprint density at radius 3 is 2.42 bits per heavy atom. The third-order valence-corrected chi connectivity index (χ3v) is 7.27. The fourth-order valence-electron chi connectivity index (χ4n) is 2.76. The number of carbonyl (C=O) groups is 1. The molecule has 6 nitrogen and oxygen atoms in total. The first-order valence-corrected chi connectivity index (χ1v) is 11.0. The zero-order valence-corrected chi connectivity index (χ0v) is 16.5. The summed E-state index contributed by atoms with van der Waals surface area (Å²) in [4.78, 5) is 16.3. The van der Waals surface area contributed by atoms with Gasteiger partial charge in [-0.05, 0) is 29.1 Å². The van der Waals surface area contributed by atoms with E-state index >= 15 is 0 Å². The number of halogens is 1. The molecular formula is C17H20ClN3O3S2. The molecule has 2 aromatic rings. The van der Waals surface area contributed by atoms with Gasteiger partial charge in [0.2, 0.25) is 5.91 Å². The Bertz CT molecular complexity index is 831. The van der Waals surface area contributed by atoms with Crippen LogP contribution in [0.3, 0.4) is 0 Å². The van der Waals surface area contributed by atoms with E-state index in [0.717, 1.165) is 31.0 Å². The molecule has 3 rings (SSSR count). The van der Waals surface area contributed by atoms with Crippen molar-refractivity contribution in [3.63, 3.8) is 0 Å². The van der Waals surface area contributed by atoms with E-state index in [1.54, 1.807) is 16.3 Å². The number of rotatable bonds is 6. The first kappa shape index (κ1) is 19.3. The Hall–Kier alpha value is -1.45. The summed E-state index contributed by atoms with van der Waals surface area (Å²) in [7, 11) is -3.61. The summed E-state index contributed by atoms with van der Waals surface area (Å²) in [6.07, 6.45) is 0. The minimum Gasteiger partial charge on any atom is -0.339 e. The van der Waals surface area contributed by atoms with Gasteiger partial charge in [0.1, 0.15) is 4.21 Å². The highest BCUT2D eigenvalue weighted by Gasteiger charge is 2.23. The van der Waals surface area contributed by atoms with Gasteiger partial charge in [0, 0.05) is 37.7 Å². The monoisotopic (exact) mass is 413 g/mol. The molecule has 1 aromatic carbocycles. The second-order valence-electron chi connectivity index (χ2n) is 6.04. The number of amides is 1. The van der Waals surface area contributed by atoms with Crippen LogP contribution in [-0.2, 0) is 21.4 Å². The molecule has 0 spiro atoms. The predicted molar refractivity (Wildman–Crippen MR) is 103 cm³/mol. The van der Waals surface area contributed by atoms with Crippen LogP contribution in [0.4, 0.5) is 0 Å². The zero-order chi connectivity index (χ0) is 18.6. The molecule has 1 aromatic heterocycles.